The van der Waals surface area contributed by atoms with Crippen molar-refractivity contribution in [1.82, 2.24) is 9.80 Å². The number of carbonyl (C=O) groups is 2. The van der Waals surface area contributed by atoms with Gasteiger partial charge in [-0.3, -0.25) is 9.80 Å². The lowest BCUT2D eigenvalue weighted by Crippen LogP contribution is -2.40. The van der Waals surface area contributed by atoms with Crippen molar-refractivity contribution in [3.63, 3.8) is 0 Å². The van der Waals surface area contributed by atoms with Crippen molar-refractivity contribution < 1.29 is 29.3 Å². The number of rotatable bonds is 15. The average molecular weight is 372 g/mol. The van der Waals surface area contributed by atoms with Gasteiger partial charge in [0.05, 0.1) is 13.2 Å². The summed E-state index contributed by atoms with van der Waals surface area (Å²) in [6.07, 6.45) is 0. The highest BCUT2D eigenvalue weighted by Crippen LogP contribution is 1.98. The third-order valence-electron chi connectivity index (χ3n) is 3.54. The fraction of sp³-hybridized carbons (Fsp3) is 0.667. The third kappa shape index (κ3) is 11.8. The molecule has 8 heteroatoms. The Balaban J connectivity index is 4.50. The first-order valence-corrected chi connectivity index (χ1v) is 8.63. The van der Waals surface area contributed by atoms with Crippen LogP contribution in [-0.2, 0) is 19.1 Å². The van der Waals surface area contributed by atoms with Gasteiger partial charge in [0.1, 0.15) is 13.2 Å². The summed E-state index contributed by atoms with van der Waals surface area (Å²) >= 11 is 0. The zero-order chi connectivity index (χ0) is 19.9. The molecule has 0 heterocycles. The largest absolute Gasteiger partial charge is 0.461 e. The van der Waals surface area contributed by atoms with Crippen LogP contribution in [-0.4, -0.2) is 97.6 Å². The molecule has 0 aliphatic rings. The van der Waals surface area contributed by atoms with Gasteiger partial charge < -0.3 is 19.7 Å². The van der Waals surface area contributed by atoms with E-state index in [9.17, 15) is 9.59 Å². The number of aliphatic hydroxyl groups excluding tert-OH is 2. The van der Waals surface area contributed by atoms with Crippen LogP contribution in [0.4, 0.5) is 0 Å². The van der Waals surface area contributed by atoms with E-state index in [1.165, 1.54) is 0 Å². The molecule has 0 bridgehead atoms. The summed E-state index contributed by atoms with van der Waals surface area (Å²) in [5, 5.41) is 18.1. The van der Waals surface area contributed by atoms with Crippen molar-refractivity contribution in [2.75, 3.05) is 65.7 Å². The van der Waals surface area contributed by atoms with Gasteiger partial charge in [-0.05, 0) is 13.8 Å². The van der Waals surface area contributed by atoms with E-state index in [0.717, 1.165) is 0 Å². The lowest BCUT2D eigenvalue weighted by molar-refractivity contribution is -0.139. The van der Waals surface area contributed by atoms with Crippen LogP contribution in [0.5, 0.6) is 0 Å². The number of carbonyl (C=O) groups excluding carboxylic acids is 2. The molecular formula is C18H32N2O6. The normalized spacial score (nSPS) is 10.8. The number of hydrogen-bond donors (Lipinski definition) is 2. The highest BCUT2D eigenvalue weighted by atomic mass is 16.5. The smallest absolute Gasteiger partial charge is 0.333 e. The van der Waals surface area contributed by atoms with E-state index in [-0.39, 0.29) is 26.4 Å². The Morgan fingerprint density at radius 3 is 1.38 bits per heavy atom. The standard InChI is InChI=1S/C18H32N2O6/c1-15(2)17(23)25-13-9-20(10-14-26-18(24)16(3)4)6-5-19(7-11-21)8-12-22/h21-22H,1,3,5-14H2,2,4H3. The molecule has 0 unspecified atom stereocenters. The van der Waals surface area contributed by atoms with E-state index in [2.05, 4.69) is 13.2 Å². The highest BCUT2D eigenvalue weighted by Gasteiger charge is 2.12. The molecule has 0 aliphatic carbocycles. The minimum absolute atomic E-state index is 0.00640. The first-order chi connectivity index (χ1) is 12.3. The Kier molecular flexibility index (Phi) is 13.5. The third-order valence-corrected chi connectivity index (χ3v) is 3.54. The SMILES string of the molecule is C=C(C)C(=O)OCCN(CCOC(=O)C(=C)C)CCN(CCO)CCO. The van der Waals surface area contributed by atoms with E-state index < -0.39 is 11.9 Å². The molecule has 0 spiro atoms. The van der Waals surface area contributed by atoms with E-state index in [1.807, 2.05) is 9.80 Å². The molecule has 0 aromatic rings. The van der Waals surface area contributed by atoms with Crippen molar-refractivity contribution in [3.05, 3.63) is 24.3 Å². The number of aliphatic hydroxyl groups is 2. The number of esters is 2. The molecule has 0 atom stereocenters. The van der Waals surface area contributed by atoms with Crippen LogP contribution in [0.15, 0.2) is 24.3 Å². The summed E-state index contributed by atoms with van der Waals surface area (Å²) in [5.74, 6) is -0.887. The Bertz CT molecular complexity index is 429. The van der Waals surface area contributed by atoms with Crippen molar-refractivity contribution >= 4 is 11.9 Å². The predicted molar refractivity (Wildman–Crippen MR) is 98.6 cm³/mol. The molecule has 0 aliphatic heterocycles. The fourth-order valence-corrected chi connectivity index (χ4v) is 2.02. The van der Waals surface area contributed by atoms with Gasteiger partial charge in [0, 0.05) is 50.4 Å². The van der Waals surface area contributed by atoms with Gasteiger partial charge in [-0.2, -0.15) is 0 Å². The van der Waals surface area contributed by atoms with Gasteiger partial charge >= 0.3 is 11.9 Å². The number of nitrogens with zero attached hydrogens (tertiary/aromatic N) is 2. The van der Waals surface area contributed by atoms with Gasteiger partial charge in [0.2, 0.25) is 0 Å². The zero-order valence-corrected chi connectivity index (χ0v) is 15.9. The fourth-order valence-electron chi connectivity index (χ4n) is 2.02. The van der Waals surface area contributed by atoms with Crippen LogP contribution in [0.25, 0.3) is 0 Å². The van der Waals surface area contributed by atoms with Gasteiger partial charge in [-0.25, -0.2) is 9.59 Å². The second-order valence-electron chi connectivity index (χ2n) is 5.96. The molecule has 0 radical (unpaired) electrons. The summed E-state index contributed by atoms with van der Waals surface area (Å²) in [5.41, 5.74) is 0.674. The van der Waals surface area contributed by atoms with E-state index in [0.29, 0.717) is 50.4 Å². The topological polar surface area (TPSA) is 99.5 Å². The Morgan fingerprint density at radius 1 is 0.731 bits per heavy atom. The van der Waals surface area contributed by atoms with E-state index in [4.69, 9.17) is 19.7 Å². The number of hydrogen-bond acceptors (Lipinski definition) is 8. The first kappa shape index (κ1) is 24.3. The van der Waals surface area contributed by atoms with Crippen LogP contribution in [0.1, 0.15) is 13.8 Å². The van der Waals surface area contributed by atoms with Crippen molar-refractivity contribution in [2.24, 2.45) is 0 Å². The predicted octanol–water partition coefficient (Wildman–Crippen LogP) is -0.186. The second-order valence-corrected chi connectivity index (χ2v) is 5.96. The molecule has 2 N–H and O–H groups in total. The summed E-state index contributed by atoms with van der Waals surface area (Å²) in [4.78, 5) is 26.8. The van der Waals surface area contributed by atoms with E-state index in [1.54, 1.807) is 13.8 Å². The highest BCUT2D eigenvalue weighted by molar-refractivity contribution is 5.87. The van der Waals surface area contributed by atoms with Crippen LogP contribution in [0.2, 0.25) is 0 Å². The Labute approximate surface area is 155 Å². The lowest BCUT2D eigenvalue weighted by Gasteiger charge is -2.26. The maximum absolute atomic E-state index is 11.5. The van der Waals surface area contributed by atoms with Crippen LogP contribution in [0.3, 0.4) is 0 Å². The van der Waals surface area contributed by atoms with Gasteiger partial charge in [0.25, 0.3) is 0 Å². The first-order valence-electron chi connectivity index (χ1n) is 8.63. The maximum atomic E-state index is 11.5. The van der Waals surface area contributed by atoms with Crippen LogP contribution in [0, 0.1) is 0 Å². The van der Waals surface area contributed by atoms with Crippen LogP contribution >= 0.6 is 0 Å². The number of ether oxygens (including phenoxy) is 2. The molecular weight excluding hydrogens is 340 g/mol. The summed E-state index contributed by atoms with van der Waals surface area (Å²) in [7, 11) is 0. The summed E-state index contributed by atoms with van der Waals surface area (Å²) in [6.45, 7) is 13.7. The average Bonchev–Trinajstić information content (AvgIpc) is 2.58. The molecule has 0 saturated carbocycles. The molecule has 26 heavy (non-hydrogen) atoms. The Morgan fingerprint density at radius 2 is 1.08 bits per heavy atom. The van der Waals surface area contributed by atoms with Crippen molar-refractivity contribution in [3.8, 4) is 0 Å². The second kappa shape index (κ2) is 14.4. The summed E-state index contributed by atoms with van der Waals surface area (Å²) in [6, 6.07) is 0. The molecule has 0 aromatic heterocycles. The zero-order valence-electron chi connectivity index (χ0n) is 15.9. The summed E-state index contributed by atoms with van der Waals surface area (Å²) < 4.78 is 10.2. The minimum atomic E-state index is -0.444. The molecule has 0 rings (SSSR count). The molecule has 0 fully saturated rings. The molecule has 0 saturated heterocycles. The Hall–Kier alpha value is -1.74. The monoisotopic (exact) mass is 372 g/mol. The molecule has 0 aromatic carbocycles. The lowest BCUT2D eigenvalue weighted by atomic mass is 10.3. The molecule has 150 valence electrons. The maximum Gasteiger partial charge on any atom is 0.333 e. The van der Waals surface area contributed by atoms with Crippen molar-refractivity contribution in [1.29, 1.82) is 0 Å². The molecule has 8 nitrogen and oxygen atoms in total. The van der Waals surface area contributed by atoms with Gasteiger partial charge in [0.15, 0.2) is 0 Å². The minimum Gasteiger partial charge on any atom is -0.461 e. The quantitative estimate of drug-likeness (QED) is 0.302. The molecule has 0 amide bonds. The van der Waals surface area contributed by atoms with Gasteiger partial charge in [-0.15, -0.1) is 0 Å². The van der Waals surface area contributed by atoms with Crippen molar-refractivity contribution in [2.45, 2.75) is 13.8 Å². The van der Waals surface area contributed by atoms with Crippen LogP contribution < -0.4 is 0 Å². The van der Waals surface area contributed by atoms with E-state index >= 15 is 0 Å². The van der Waals surface area contributed by atoms with Gasteiger partial charge in [-0.1, -0.05) is 13.2 Å².